The maximum Gasteiger partial charge on any atom is 0.417 e. The Hall–Kier alpha value is -2.49. The number of amides is 1. The predicted octanol–water partition coefficient (Wildman–Crippen LogP) is 1.32. The topological polar surface area (TPSA) is 67.2 Å². The van der Waals surface area contributed by atoms with Gasteiger partial charge in [0.1, 0.15) is 0 Å². The average Bonchev–Trinajstić information content (AvgIpc) is 3.22. The maximum absolute atomic E-state index is 13.2. The summed E-state index contributed by atoms with van der Waals surface area (Å²) in [5.41, 5.74) is -1.41. The van der Waals surface area contributed by atoms with Crippen LogP contribution >= 0.6 is 0 Å². The highest BCUT2D eigenvalue weighted by Gasteiger charge is 2.41. The third-order valence-electron chi connectivity index (χ3n) is 4.35. The minimum atomic E-state index is -4.61. The van der Waals surface area contributed by atoms with Crippen molar-refractivity contribution in [2.75, 3.05) is 27.2 Å². The second kappa shape index (κ2) is 6.43. The number of hydrogen-bond acceptors (Lipinski definition) is 5. The normalized spacial score (nSPS) is 21.1. The molecule has 7 nitrogen and oxygen atoms in total. The number of hydrogen-bond donors (Lipinski definition) is 0. The van der Waals surface area contributed by atoms with Crippen LogP contribution in [0.15, 0.2) is 30.9 Å². The minimum Gasteiger partial charge on any atom is -0.335 e. The van der Waals surface area contributed by atoms with Gasteiger partial charge >= 0.3 is 6.18 Å². The number of alkyl halides is 3. The first-order chi connectivity index (χ1) is 11.8. The molecule has 1 fully saturated rings. The van der Waals surface area contributed by atoms with Gasteiger partial charge in [-0.1, -0.05) is 5.21 Å². The van der Waals surface area contributed by atoms with E-state index in [0.29, 0.717) is 6.54 Å². The van der Waals surface area contributed by atoms with Crippen molar-refractivity contribution >= 4 is 5.91 Å². The maximum atomic E-state index is 13.2. The highest BCUT2D eigenvalue weighted by molar-refractivity contribution is 5.95. The molecule has 3 rings (SSSR count). The Bertz CT molecular complexity index is 746. The highest BCUT2D eigenvalue weighted by Crippen LogP contribution is 2.33. The van der Waals surface area contributed by atoms with Crippen LogP contribution in [-0.4, -0.2) is 68.9 Å². The number of carbonyl (C=O) groups excluding carboxylic acids is 1. The molecule has 3 heterocycles. The van der Waals surface area contributed by atoms with Crippen LogP contribution in [0, 0.1) is 0 Å². The van der Waals surface area contributed by atoms with Crippen molar-refractivity contribution in [2.45, 2.75) is 18.3 Å². The lowest BCUT2D eigenvalue weighted by molar-refractivity contribution is -0.138. The number of nitrogens with zero attached hydrogens (tertiary/aromatic N) is 6. The van der Waals surface area contributed by atoms with Crippen molar-refractivity contribution in [1.82, 2.24) is 29.8 Å². The van der Waals surface area contributed by atoms with E-state index in [9.17, 15) is 18.0 Å². The van der Waals surface area contributed by atoms with Crippen molar-refractivity contribution < 1.29 is 18.0 Å². The zero-order chi connectivity index (χ0) is 18.2. The molecule has 1 aliphatic heterocycles. The number of rotatable bonds is 3. The molecule has 134 valence electrons. The molecule has 10 heteroatoms. The van der Waals surface area contributed by atoms with Gasteiger partial charge in [0, 0.05) is 31.7 Å². The molecule has 0 radical (unpaired) electrons. The van der Waals surface area contributed by atoms with Gasteiger partial charge in [0.2, 0.25) is 0 Å². The fraction of sp³-hybridized carbons (Fsp3) is 0.467. The van der Waals surface area contributed by atoms with E-state index in [1.165, 1.54) is 11.1 Å². The van der Waals surface area contributed by atoms with Crippen LogP contribution in [0.1, 0.15) is 22.0 Å². The molecule has 2 aromatic heterocycles. The summed E-state index contributed by atoms with van der Waals surface area (Å²) in [6.45, 7) is 0.541. The molecule has 25 heavy (non-hydrogen) atoms. The molecule has 0 bridgehead atoms. The third-order valence-corrected chi connectivity index (χ3v) is 4.35. The van der Waals surface area contributed by atoms with Gasteiger partial charge in [-0.25, -0.2) is 4.68 Å². The molecule has 0 saturated carbocycles. The Morgan fingerprint density at radius 1 is 1.28 bits per heavy atom. The molecular formula is C15H17F3N6O. The standard InChI is InChI=1S/C15H17F3N6O/c1-22(2)12-8-23(9-13(12)24-6-5-20-21-24)14(25)10-7-19-4-3-11(10)15(16,17)18/h3-7,12-13H,8-9H2,1-2H3/t12-,13+/m1/s1. The summed E-state index contributed by atoms with van der Waals surface area (Å²) in [7, 11) is 3.71. The van der Waals surface area contributed by atoms with E-state index in [2.05, 4.69) is 15.3 Å². The first-order valence-electron chi connectivity index (χ1n) is 7.61. The Labute approximate surface area is 142 Å². The quantitative estimate of drug-likeness (QED) is 0.832. The zero-order valence-electron chi connectivity index (χ0n) is 13.7. The van der Waals surface area contributed by atoms with Crippen molar-refractivity contribution in [3.8, 4) is 0 Å². The molecule has 0 spiro atoms. The first-order valence-corrected chi connectivity index (χ1v) is 7.61. The lowest BCUT2D eigenvalue weighted by atomic mass is 10.1. The molecule has 0 N–H and O–H groups in total. The average molecular weight is 354 g/mol. The predicted molar refractivity (Wildman–Crippen MR) is 81.7 cm³/mol. The summed E-state index contributed by atoms with van der Waals surface area (Å²) < 4.78 is 41.1. The van der Waals surface area contributed by atoms with Gasteiger partial charge in [-0.05, 0) is 20.2 Å². The van der Waals surface area contributed by atoms with E-state index in [4.69, 9.17) is 0 Å². The summed E-state index contributed by atoms with van der Waals surface area (Å²) in [6.07, 6.45) is 0.601. The number of aromatic nitrogens is 4. The fourth-order valence-electron chi connectivity index (χ4n) is 3.08. The van der Waals surface area contributed by atoms with Crippen LogP contribution in [0.3, 0.4) is 0 Å². The lowest BCUT2D eigenvalue weighted by Crippen LogP contribution is -2.37. The number of halogens is 3. The van der Waals surface area contributed by atoms with Crippen LogP contribution in [0.5, 0.6) is 0 Å². The molecule has 1 amide bonds. The van der Waals surface area contributed by atoms with Gasteiger partial charge < -0.3 is 9.80 Å². The summed E-state index contributed by atoms with van der Waals surface area (Å²) in [6, 6.07) is 0.547. The van der Waals surface area contributed by atoms with Crippen LogP contribution in [0.2, 0.25) is 0 Å². The SMILES string of the molecule is CN(C)[C@@H]1CN(C(=O)c2cnccc2C(F)(F)F)C[C@@H]1n1ccnn1. The Morgan fingerprint density at radius 2 is 2.04 bits per heavy atom. The number of likely N-dealkylation sites (tertiary alicyclic amines) is 1. The highest BCUT2D eigenvalue weighted by atomic mass is 19.4. The number of likely N-dealkylation sites (N-methyl/N-ethyl adjacent to an activating group) is 1. The second-order valence-corrected chi connectivity index (χ2v) is 6.11. The van der Waals surface area contributed by atoms with Gasteiger partial charge in [-0.3, -0.25) is 9.78 Å². The molecule has 2 aromatic rings. The monoisotopic (exact) mass is 354 g/mol. The van der Waals surface area contributed by atoms with E-state index in [1.807, 2.05) is 19.0 Å². The summed E-state index contributed by atoms with van der Waals surface area (Å²) in [5, 5.41) is 7.73. The number of carbonyl (C=O) groups is 1. The van der Waals surface area contributed by atoms with Gasteiger partial charge in [0.05, 0.1) is 29.4 Å². The third kappa shape index (κ3) is 3.34. The lowest BCUT2D eigenvalue weighted by Gasteiger charge is -2.24. The van der Waals surface area contributed by atoms with Gasteiger partial charge in [-0.2, -0.15) is 13.2 Å². The van der Waals surface area contributed by atoms with Crippen molar-refractivity contribution in [3.05, 3.63) is 42.0 Å². The summed E-state index contributed by atoms with van der Waals surface area (Å²) >= 11 is 0. The molecule has 1 saturated heterocycles. The smallest absolute Gasteiger partial charge is 0.335 e. The van der Waals surface area contributed by atoms with Crippen molar-refractivity contribution in [2.24, 2.45) is 0 Å². The van der Waals surface area contributed by atoms with Crippen LogP contribution in [-0.2, 0) is 6.18 Å². The first kappa shape index (κ1) is 17.3. The summed E-state index contributed by atoms with van der Waals surface area (Å²) in [4.78, 5) is 19.7. The van der Waals surface area contributed by atoms with E-state index >= 15 is 0 Å². The Kier molecular flexibility index (Phi) is 4.46. The van der Waals surface area contributed by atoms with Gasteiger partial charge in [-0.15, -0.1) is 5.10 Å². The Balaban J connectivity index is 1.89. The Morgan fingerprint density at radius 3 is 2.64 bits per heavy atom. The molecule has 1 aliphatic rings. The minimum absolute atomic E-state index is 0.0864. The van der Waals surface area contributed by atoms with Gasteiger partial charge in [0.25, 0.3) is 5.91 Å². The van der Waals surface area contributed by atoms with Gasteiger partial charge in [0.15, 0.2) is 0 Å². The number of pyridine rings is 1. The molecule has 2 atom stereocenters. The van der Waals surface area contributed by atoms with E-state index < -0.39 is 23.2 Å². The van der Waals surface area contributed by atoms with Crippen LogP contribution in [0.4, 0.5) is 13.2 Å². The van der Waals surface area contributed by atoms with E-state index in [0.717, 1.165) is 18.5 Å². The summed E-state index contributed by atoms with van der Waals surface area (Å²) in [5.74, 6) is -0.685. The molecule has 0 aromatic carbocycles. The van der Waals surface area contributed by atoms with Crippen LogP contribution < -0.4 is 0 Å². The molecule has 0 unspecified atom stereocenters. The zero-order valence-corrected chi connectivity index (χ0v) is 13.7. The fourth-order valence-corrected chi connectivity index (χ4v) is 3.08. The molecular weight excluding hydrogens is 337 g/mol. The molecule has 0 aliphatic carbocycles. The second-order valence-electron chi connectivity index (χ2n) is 6.11. The van der Waals surface area contributed by atoms with Crippen molar-refractivity contribution in [1.29, 1.82) is 0 Å². The van der Waals surface area contributed by atoms with E-state index in [1.54, 1.807) is 10.9 Å². The van der Waals surface area contributed by atoms with E-state index in [-0.39, 0.29) is 18.6 Å². The largest absolute Gasteiger partial charge is 0.417 e. The van der Waals surface area contributed by atoms with Crippen LogP contribution in [0.25, 0.3) is 0 Å². The van der Waals surface area contributed by atoms with Crippen molar-refractivity contribution in [3.63, 3.8) is 0 Å².